The fourth-order valence-electron chi connectivity index (χ4n) is 2.29. The van der Waals surface area contributed by atoms with Crippen molar-refractivity contribution in [1.82, 2.24) is 0 Å². The van der Waals surface area contributed by atoms with E-state index in [4.69, 9.17) is 0 Å². The number of amidine groups is 1. The van der Waals surface area contributed by atoms with Gasteiger partial charge in [0.05, 0.1) is 0 Å². The van der Waals surface area contributed by atoms with E-state index in [0.29, 0.717) is 0 Å². The van der Waals surface area contributed by atoms with Crippen LogP contribution < -0.4 is 5.32 Å². The number of anilines is 1. The Morgan fingerprint density at radius 2 is 2.24 bits per heavy atom. The summed E-state index contributed by atoms with van der Waals surface area (Å²) in [6.45, 7) is 8.89. The summed E-state index contributed by atoms with van der Waals surface area (Å²) in [7, 11) is 0. The molecule has 21 heavy (non-hydrogen) atoms. The van der Waals surface area contributed by atoms with Crippen LogP contribution in [0.1, 0.15) is 38.7 Å². The van der Waals surface area contributed by atoms with E-state index in [-0.39, 0.29) is 0 Å². The van der Waals surface area contributed by atoms with Crippen molar-refractivity contribution >= 4 is 11.5 Å². The summed E-state index contributed by atoms with van der Waals surface area (Å²) in [5.74, 6) is 1.87. The molecule has 112 valence electrons. The van der Waals surface area contributed by atoms with Crippen LogP contribution >= 0.6 is 0 Å². The van der Waals surface area contributed by atoms with Gasteiger partial charge in [-0.1, -0.05) is 30.4 Å². The van der Waals surface area contributed by atoms with Gasteiger partial charge in [0.25, 0.3) is 0 Å². The second-order valence-electron chi connectivity index (χ2n) is 5.90. The average Bonchev–Trinajstić information content (AvgIpc) is 3.22. The van der Waals surface area contributed by atoms with Crippen molar-refractivity contribution in [3.63, 3.8) is 0 Å². The molecule has 1 aliphatic carbocycles. The molecule has 2 rings (SSSR count). The molecule has 1 aliphatic rings. The van der Waals surface area contributed by atoms with E-state index in [1.54, 1.807) is 0 Å². The van der Waals surface area contributed by atoms with Gasteiger partial charge in [-0.3, -0.25) is 4.99 Å². The van der Waals surface area contributed by atoms with E-state index in [0.717, 1.165) is 30.4 Å². The first-order valence-electron chi connectivity index (χ1n) is 7.88. The summed E-state index contributed by atoms with van der Waals surface area (Å²) < 4.78 is 0. The Hall–Kier alpha value is -1.83. The maximum absolute atomic E-state index is 4.53. The summed E-state index contributed by atoms with van der Waals surface area (Å²) >= 11 is 0. The number of hydrogen-bond acceptors (Lipinski definition) is 1. The third kappa shape index (κ3) is 5.99. The lowest BCUT2D eigenvalue weighted by atomic mass is 10.1. The van der Waals surface area contributed by atoms with Crippen molar-refractivity contribution in [2.45, 2.75) is 39.5 Å². The van der Waals surface area contributed by atoms with E-state index in [2.05, 4.69) is 67.2 Å². The Labute approximate surface area is 128 Å². The van der Waals surface area contributed by atoms with Gasteiger partial charge in [0.1, 0.15) is 5.84 Å². The van der Waals surface area contributed by atoms with E-state index in [1.165, 1.54) is 30.4 Å². The van der Waals surface area contributed by atoms with Gasteiger partial charge in [-0.25, -0.2) is 0 Å². The molecule has 0 amide bonds. The molecule has 1 fully saturated rings. The fourth-order valence-corrected chi connectivity index (χ4v) is 2.29. The van der Waals surface area contributed by atoms with Crippen molar-refractivity contribution in [3.8, 4) is 0 Å². The van der Waals surface area contributed by atoms with E-state index in [1.807, 2.05) is 0 Å². The lowest BCUT2D eigenvalue weighted by molar-refractivity contribution is 0.863. The molecule has 0 radical (unpaired) electrons. The van der Waals surface area contributed by atoms with Crippen LogP contribution in [0.4, 0.5) is 5.69 Å². The minimum Gasteiger partial charge on any atom is -0.341 e. The third-order valence-electron chi connectivity index (χ3n) is 3.48. The zero-order valence-electron chi connectivity index (χ0n) is 13.2. The minimum absolute atomic E-state index is 0.793. The monoisotopic (exact) mass is 282 g/mol. The number of benzene rings is 1. The molecule has 1 saturated carbocycles. The molecule has 0 atom stereocenters. The molecule has 0 aliphatic heterocycles. The second-order valence-corrected chi connectivity index (χ2v) is 5.90. The van der Waals surface area contributed by atoms with Gasteiger partial charge in [0.15, 0.2) is 0 Å². The van der Waals surface area contributed by atoms with Crippen molar-refractivity contribution < 1.29 is 0 Å². The maximum atomic E-state index is 4.53. The second kappa shape index (κ2) is 7.82. The van der Waals surface area contributed by atoms with Gasteiger partial charge >= 0.3 is 0 Å². The lowest BCUT2D eigenvalue weighted by Crippen LogP contribution is -2.09. The summed E-state index contributed by atoms with van der Waals surface area (Å²) in [6, 6.07) is 8.48. The molecule has 0 saturated heterocycles. The highest BCUT2D eigenvalue weighted by Gasteiger charge is 2.18. The Morgan fingerprint density at radius 1 is 1.43 bits per heavy atom. The van der Waals surface area contributed by atoms with Gasteiger partial charge < -0.3 is 5.32 Å². The van der Waals surface area contributed by atoms with E-state index < -0.39 is 0 Å². The molecular weight excluding hydrogens is 256 g/mol. The number of allylic oxidation sites excluding steroid dienone is 2. The molecule has 1 N–H and O–H groups in total. The Balaban J connectivity index is 1.99. The van der Waals surface area contributed by atoms with Crippen molar-refractivity contribution in [2.75, 3.05) is 11.9 Å². The number of aliphatic imine (C=N–C) groups is 1. The van der Waals surface area contributed by atoms with Crippen LogP contribution in [0.2, 0.25) is 0 Å². The number of hydrogen-bond donors (Lipinski definition) is 1. The molecule has 0 unspecified atom stereocenters. The van der Waals surface area contributed by atoms with Crippen LogP contribution in [0.5, 0.6) is 0 Å². The third-order valence-corrected chi connectivity index (χ3v) is 3.48. The Morgan fingerprint density at radius 3 is 2.90 bits per heavy atom. The number of nitrogens with zero attached hydrogens (tertiary/aromatic N) is 1. The van der Waals surface area contributed by atoms with E-state index in [9.17, 15) is 0 Å². The standard InChI is InChI=1S/C19H26N2/c1-4-20-19(10-6-7-16-11-12-16)21-18-9-5-8-17(14-18)13-15(2)3/h5-6,8-10,14,16H,2,4,7,11-13H2,1,3H3,(H,20,21)/b10-6-. The predicted molar refractivity (Wildman–Crippen MR) is 93.0 cm³/mol. The quantitative estimate of drug-likeness (QED) is 0.425. The summed E-state index contributed by atoms with van der Waals surface area (Å²) in [6.07, 6.45) is 9.25. The molecule has 2 heteroatoms. The Kier molecular flexibility index (Phi) is 5.79. The van der Waals surface area contributed by atoms with Gasteiger partial charge in [0.2, 0.25) is 0 Å². The highest BCUT2D eigenvalue weighted by atomic mass is 15.0. The van der Waals surface area contributed by atoms with Crippen LogP contribution in [0.25, 0.3) is 0 Å². The summed E-state index contributed by atoms with van der Waals surface area (Å²) in [5, 5.41) is 3.42. The highest BCUT2D eigenvalue weighted by Crippen LogP contribution is 2.32. The average molecular weight is 282 g/mol. The Bertz CT molecular complexity index is 536. The lowest BCUT2D eigenvalue weighted by Gasteiger charge is -2.09. The van der Waals surface area contributed by atoms with Crippen LogP contribution in [0.3, 0.4) is 0 Å². The smallest absolute Gasteiger partial charge is 0.124 e. The number of nitrogens with one attached hydrogen (secondary N) is 1. The van der Waals surface area contributed by atoms with Gasteiger partial charge in [0, 0.05) is 12.2 Å². The zero-order chi connectivity index (χ0) is 15.1. The van der Waals surface area contributed by atoms with E-state index >= 15 is 0 Å². The zero-order valence-corrected chi connectivity index (χ0v) is 13.2. The molecule has 2 nitrogen and oxygen atoms in total. The van der Waals surface area contributed by atoms with Crippen molar-refractivity contribution in [1.29, 1.82) is 0 Å². The molecule has 0 bridgehead atoms. The fraction of sp³-hybridized carbons (Fsp3) is 0.421. The van der Waals surface area contributed by atoms with Crippen LogP contribution in [-0.2, 0) is 6.42 Å². The first kappa shape index (κ1) is 15.6. The largest absolute Gasteiger partial charge is 0.341 e. The minimum atomic E-state index is 0.793. The SMILES string of the molecule is C=C(C)Cc1cccc(NC(/C=C\CC2CC2)=NCC)c1. The predicted octanol–water partition coefficient (Wildman–Crippen LogP) is 4.99. The van der Waals surface area contributed by atoms with Crippen LogP contribution in [0, 0.1) is 5.92 Å². The van der Waals surface area contributed by atoms with Gasteiger partial charge in [-0.2, -0.15) is 0 Å². The summed E-state index contributed by atoms with van der Waals surface area (Å²) in [5.41, 5.74) is 3.56. The molecular formula is C19H26N2. The first-order chi connectivity index (χ1) is 10.2. The highest BCUT2D eigenvalue weighted by molar-refractivity contribution is 6.03. The van der Waals surface area contributed by atoms with Crippen molar-refractivity contribution in [2.24, 2.45) is 10.9 Å². The molecule has 1 aromatic carbocycles. The maximum Gasteiger partial charge on any atom is 0.124 e. The topological polar surface area (TPSA) is 24.4 Å². The molecule has 0 aromatic heterocycles. The first-order valence-corrected chi connectivity index (χ1v) is 7.88. The van der Waals surface area contributed by atoms with Crippen molar-refractivity contribution in [3.05, 3.63) is 54.1 Å². The summed E-state index contributed by atoms with van der Waals surface area (Å²) in [4.78, 5) is 4.53. The van der Waals surface area contributed by atoms with Crippen LogP contribution in [0.15, 0.2) is 53.6 Å². The molecule has 1 aromatic rings. The van der Waals surface area contributed by atoms with Gasteiger partial charge in [-0.05, 0) is 69.2 Å². The molecule has 0 spiro atoms. The molecule has 0 heterocycles. The number of rotatable bonds is 7. The van der Waals surface area contributed by atoms with Gasteiger partial charge in [-0.15, -0.1) is 0 Å². The normalized spacial score (nSPS) is 15.4. The van der Waals surface area contributed by atoms with Crippen LogP contribution in [-0.4, -0.2) is 12.4 Å².